The largest absolute Gasteiger partial charge is 0.0853 e. The van der Waals surface area contributed by atoms with Crippen LogP contribution < -0.4 is 0 Å². The van der Waals surface area contributed by atoms with E-state index in [1.165, 1.54) is 51.4 Å². The van der Waals surface area contributed by atoms with Crippen LogP contribution >= 0.6 is 0 Å². The molecule has 2 aliphatic rings. The van der Waals surface area contributed by atoms with Crippen molar-refractivity contribution in [3.63, 3.8) is 0 Å². The van der Waals surface area contributed by atoms with Gasteiger partial charge in [-0.15, -0.1) is 0 Å². The van der Waals surface area contributed by atoms with Crippen LogP contribution in [-0.2, 0) is 0 Å². The fourth-order valence-electron chi connectivity index (χ4n) is 3.08. The quantitative estimate of drug-likeness (QED) is 0.446. The van der Waals surface area contributed by atoms with Crippen molar-refractivity contribution < 1.29 is 0 Å². The van der Waals surface area contributed by atoms with Gasteiger partial charge >= 0.3 is 0 Å². The van der Waals surface area contributed by atoms with Gasteiger partial charge in [-0.05, 0) is 43.9 Å². The summed E-state index contributed by atoms with van der Waals surface area (Å²) in [5.74, 6) is 2.18. The SMILES string of the molecule is CCCCC=C1C[C@H]2CCC[C@@H]2C1. The maximum Gasteiger partial charge on any atom is -0.0289 e. The lowest BCUT2D eigenvalue weighted by molar-refractivity contribution is 0.457. The van der Waals surface area contributed by atoms with Gasteiger partial charge in [0.2, 0.25) is 0 Å². The highest BCUT2D eigenvalue weighted by Gasteiger charge is 2.33. The first kappa shape index (κ1) is 9.30. The predicted molar refractivity (Wildman–Crippen MR) is 57.7 cm³/mol. The van der Waals surface area contributed by atoms with Crippen LogP contribution in [0.4, 0.5) is 0 Å². The molecule has 0 heterocycles. The van der Waals surface area contributed by atoms with Gasteiger partial charge in [-0.3, -0.25) is 0 Å². The van der Waals surface area contributed by atoms with Crippen LogP contribution in [0, 0.1) is 11.8 Å². The molecule has 0 aromatic carbocycles. The van der Waals surface area contributed by atoms with Gasteiger partial charge in [0, 0.05) is 0 Å². The third-order valence-electron chi connectivity index (χ3n) is 3.86. The third-order valence-corrected chi connectivity index (χ3v) is 3.86. The van der Waals surface area contributed by atoms with Crippen LogP contribution in [0.25, 0.3) is 0 Å². The molecule has 0 amide bonds. The van der Waals surface area contributed by atoms with Crippen LogP contribution in [0.2, 0.25) is 0 Å². The minimum atomic E-state index is 1.09. The maximum atomic E-state index is 2.54. The summed E-state index contributed by atoms with van der Waals surface area (Å²) in [4.78, 5) is 0. The van der Waals surface area contributed by atoms with E-state index in [-0.39, 0.29) is 0 Å². The number of unbranched alkanes of at least 4 members (excludes halogenated alkanes) is 2. The molecule has 0 unspecified atom stereocenters. The molecule has 13 heavy (non-hydrogen) atoms. The van der Waals surface area contributed by atoms with E-state index in [4.69, 9.17) is 0 Å². The molecule has 0 saturated heterocycles. The molecule has 0 heteroatoms. The average molecular weight is 178 g/mol. The lowest BCUT2D eigenvalue weighted by Crippen LogP contribution is -1.95. The Hall–Kier alpha value is -0.260. The molecule has 0 N–H and O–H groups in total. The molecule has 2 atom stereocenters. The van der Waals surface area contributed by atoms with Crippen LogP contribution in [0.5, 0.6) is 0 Å². The molecule has 74 valence electrons. The average Bonchev–Trinajstić information content (AvgIpc) is 2.64. The topological polar surface area (TPSA) is 0 Å². The van der Waals surface area contributed by atoms with E-state index in [0.717, 1.165) is 11.8 Å². The van der Waals surface area contributed by atoms with E-state index < -0.39 is 0 Å². The monoisotopic (exact) mass is 178 g/mol. The van der Waals surface area contributed by atoms with Crippen LogP contribution in [0.1, 0.15) is 58.3 Å². The second kappa shape index (κ2) is 4.30. The second-order valence-electron chi connectivity index (χ2n) is 4.86. The first-order valence-electron chi connectivity index (χ1n) is 6.08. The molecule has 0 bridgehead atoms. The predicted octanol–water partition coefficient (Wildman–Crippen LogP) is 4.31. The minimum absolute atomic E-state index is 1.09. The van der Waals surface area contributed by atoms with Crippen LogP contribution in [0.3, 0.4) is 0 Å². The number of allylic oxidation sites excluding steroid dienone is 2. The molecule has 0 nitrogen and oxygen atoms in total. The van der Waals surface area contributed by atoms with Crippen molar-refractivity contribution in [2.75, 3.05) is 0 Å². The molecule has 0 aromatic heterocycles. The van der Waals surface area contributed by atoms with E-state index in [1.54, 1.807) is 5.57 Å². The van der Waals surface area contributed by atoms with Crippen molar-refractivity contribution in [1.82, 2.24) is 0 Å². The number of hydrogen-bond donors (Lipinski definition) is 0. The van der Waals surface area contributed by atoms with Gasteiger partial charge in [-0.25, -0.2) is 0 Å². The standard InChI is InChI=1S/C13H22/c1-2-3-4-6-11-9-12-7-5-8-13(12)10-11/h6,12-13H,2-5,7-10H2,1H3/t12-,13-/m1/s1. The zero-order valence-corrected chi connectivity index (χ0v) is 8.89. The molecule has 0 radical (unpaired) electrons. The van der Waals surface area contributed by atoms with Crippen molar-refractivity contribution in [3.05, 3.63) is 11.6 Å². The van der Waals surface area contributed by atoms with E-state index in [2.05, 4.69) is 13.0 Å². The van der Waals surface area contributed by atoms with Crippen molar-refractivity contribution in [3.8, 4) is 0 Å². The summed E-state index contributed by atoms with van der Waals surface area (Å²) in [6.07, 6.45) is 14.1. The van der Waals surface area contributed by atoms with E-state index in [1.807, 2.05) is 0 Å². The first-order valence-corrected chi connectivity index (χ1v) is 6.08. The molecule has 0 aromatic rings. The summed E-state index contributed by atoms with van der Waals surface area (Å²) < 4.78 is 0. The van der Waals surface area contributed by atoms with Crippen LogP contribution in [0.15, 0.2) is 11.6 Å². The summed E-state index contributed by atoms with van der Waals surface area (Å²) in [5.41, 5.74) is 1.79. The second-order valence-corrected chi connectivity index (χ2v) is 4.86. The first-order chi connectivity index (χ1) is 6.40. The lowest BCUT2D eigenvalue weighted by Gasteiger charge is -2.04. The van der Waals surface area contributed by atoms with Gasteiger partial charge in [-0.1, -0.05) is 37.8 Å². The molecule has 0 aliphatic heterocycles. The summed E-state index contributed by atoms with van der Waals surface area (Å²) in [6, 6.07) is 0. The van der Waals surface area contributed by atoms with Gasteiger partial charge in [0.25, 0.3) is 0 Å². The summed E-state index contributed by atoms with van der Waals surface area (Å²) in [7, 11) is 0. The summed E-state index contributed by atoms with van der Waals surface area (Å²) in [5, 5.41) is 0. The summed E-state index contributed by atoms with van der Waals surface area (Å²) >= 11 is 0. The fourth-order valence-corrected chi connectivity index (χ4v) is 3.08. The Bertz CT molecular complexity index is 176. The fraction of sp³-hybridized carbons (Fsp3) is 0.846. The van der Waals surface area contributed by atoms with Gasteiger partial charge in [-0.2, -0.15) is 0 Å². The number of hydrogen-bond acceptors (Lipinski definition) is 0. The third kappa shape index (κ3) is 2.15. The highest BCUT2D eigenvalue weighted by atomic mass is 14.4. The van der Waals surface area contributed by atoms with Crippen molar-refractivity contribution in [2.45, 2.75) is 58.3 Å². The molecule has 0 spiro atoms. The van der Waals surface area contributed by atoms with Gasteiger partial charge in [0.05, 0.1) is 0 Å². The molecule has 2 saturated carbocycles. The Labute approximate surface area is 82.4 Å². The molecular formula is C13H22. The Morgan fingerprint density at radius 1 is 1.23 bits per heavy atom. The minimum Gasteiger partial charge on any atom is -0.0853 e. The zero-order chi connectivity index (χ0) is 9.10. The van der Waals surface area contributed by atoms with E-state index >= 15 is 0 Å². The highest BCUT2D eigenvalue weighted by molar-refractivity contribution is 5.12. The Kier molecular flexibility index (Phi) is 3.08. The lowest BCUT2D eigenvalue weighted by atomic mass is 10.0. The van der Waals surface area contributed by atoms with Gasteiger partial charge in [0.1, 0.15) is 0 Å². The van der Waals surface area contributed by atoms with Gasteiger partial charge < -0.3 is 0 Å². The molecule has 2 fully saturated rings. The molecule has 2 rings (SSSR count). The molecular weight excluding hydrogens is 156 g/mol. The smallest absolute Gasteiger partial charge is 0.0289 e. The normalized spacial score (nSPS) is 32.2. The van der Waals surface area contributed by atoms with Crippen molar-refractivity contribution >= 4 is 0 Å². The molecule has 2 aliphatic carbocycles. The van der Waals surface area contributed by atoms with Crippen molar-refractivity contribution in [2.24, 2.45) is 11.8 Å². The van der Waals surface area contributed by atoms with E-state index in [0.29, 0.717) is 0 Å². The Morgan fingerprint density at radius 3 is 2.54 bits per heavy atom. The van der Waals surface area contributed by atoms with Crippen molar-refractivity contribution in [1.29, 1.82) is 0 Å². The number of rotatable bonds is 3. The van der Waals surface area contributed by atoms with Gasteiger partial charge in [0.15, 0.2) is 0 Å². The van der Waals surface area contributed by atoms with E-state index in [9.17, 15) is 0 Å². The number of fused-ring (bicyclic) bond motifs is 1. The summed E-state index contributed by atoms with van der Waals surface area (Å²) in [6.45, 7) is 2.28. The Morgan fingerprint density at radius 2 is 1.92 bits per heavy atom. The zero-order valence-electron chi connectivity index (χ0n) is 8.89. The van der Waals surface area contributed by atoms with Crippen LogP contribution in [-0.4, -0.2) is 0 Å². The maximum absolute atomic E-state index is 2.54. The Balaban J connectivity index is 1.81. The highest BCUT2D eigenvalue weighted by Crippen LogP contribution is 2.46.